The van der Waals surface area contributed by atoms with Crippen LogP contribution in [0.2, 0.25) is 0 Å². The van der Waals surface area contributed by atoms with Crippen molar-refractivity contribution >= 4 is 11.9 Å². The van der Waals surface area contributed by atoms with Gasteiger partial charge in [0.15, 0.2) is 5.76 Å². The highest BCUT2D eigenvalue weighted by Gasteiger charge is 2.34. The molecule has 2 aromatic carbocycles. The minimum Gasteiger partial charge on any atom is -0.478 e. The van der Waals surface area contributed by atoms with Gasteiger partial charge in [-0.3, -0.25) is 9.69 Å². The van der Waals surface area contributed by atoms with Crippen molar-refractivity contribution in [3.8, 4) is 11.5 Å². The van der Waals surface area contributed by atoms with Crippen LogP contribution in [0.5, 0.6) is 11.5 Å². The van der Waals surface area contributed by atoms with Crippen molar-refractivity contribution in [3.63, 3.8) is 0 Å². The third-order valence-electron chi connectivity index (χ3n) is 5.34. The molecule has 3 aliphatic heterocycles. The first-order chi connectivity index (χ1) is 13.7. The minimum atomic E-state index is -0.318. The summed E-state index contributed by atoms with van der Waals surface area (Å²) in [6.45, 7) is 2.77. The molecule has 2 aromatic rings. The summed E-state index contributed by atoms with van der Waals surface area (Å²) in [6, 6.07) is 9.53. The molecule has 0 unspecified atom stereocenters. The summed E-state index contributed by atoms with van der Waals surface area (Å²) in [5.74, 6) is 1.07. The van der Waals surface area contributed by atoms with E-state index >= 15 is 0 Å². The van der Waals surface area contributed by atoms with Gasteiger partial charge >= 0.3 is 0 Å². The van der Waals surface area contributed by atoms with E-state index in [1.165, 1.54) is 12.1 Å². The highest BCUT2D eigenvalue weighted by Crippen LogP contribution is 2.42. The van der Waals surface area contributed by atoms with Crippen molar-refractivity contribution in [2.45, 2.75) is 25.5 Å². The number of rotatable bonds is 3. The summed E-state index contributed by atoms with van der Waals surface area (Å²) in [4.78, 5) is 14.9. The molecule has 0 aromatic heterocycles. The molecule has 1 saturated heterocycles. The van der Waals surface area contributed by atoms with Gasteiger partial charge in [-0.25, -0.2) is 4.39 Å². The molecule has 0 N–H and O–H groups in total. The van der Waals surface area contributed by atoms with Gasteiger partial charge in [-0.1, -0.05) is 12.1 Å². The number of halogens is 1. The molecule has 6 heteroatoms. The fraction of sp³-hybridized carbons (Fsp3) is 0.318. The van der Waals surface area contributed by atoms with Crippen LogP contribution in [0.25, 0.3) is 6.08 Å². The highest BCUT2D eigenvalue weighted by atomic mass is 19.1. The van der Waals surface area contributed by atoms with Crippen LogP contribution in [0.15, 0.2) is 42.2 Å². The Morgan fingerprint density at radius 1 is 1.18 bits per heavy atom. The van der Waals surface area contributed by atoms with E-state index in [0.29, 0.717) is 30.2 Å². The fourth-order valence-corrected chi connectivity index (χ4v) is 3.91. The van der Waals surface area contributed by atoms with Gasteiger partial charge < -0.3 is 14.2 Å². The van der Waals surface area contributed by atoms with E-state index < -0.39 is 0 Å². The zero-order valence-electron chi connectivity index (χ0n) is 15.3. The lowest BCUT2D eigenvalue weighted by Gasteiger charge is -2.31. The SMILES string of the molecule is O=C1/C(=C/c2ccc(F)cc2)Oc2c1ccc1c2CN(C[C@@H]2CCCO2)CO1. The molecular formula is C22H20FNO4. The Hall–Kier alpha value is -2.70. The van der Waals surface area contributed by atoms with Crippen molar-refractivity contribution in [2.75, 3.05) is 19.9 Å². The Labute approximate surface area is 162 Å². The van der Waals surface area contributed by atoms with Crippen LogP contribution in [0.4, 0.5) is 4.39 Å². The van der Waals surface area contributed by atoms with E-state index in [-0.39, 0.29) is 23.5 Å². The van der Waals surface area contributed by atoms with Gasteiger partial charge in [0.05, 0.1) is 17.2 Å². The zero-order chi connectivity index (χ0) is 19.1. The summed E-state index contributed by atoms with van der Waals surface area (Å²) in [5.41, 5.74) is 2.13. The summed E-state index contributed by atoms with van der Waals surface area (Å²) in [5, 5.41) is 0. The molecule has 0 spiro atoms. The number of allylic oxidation sites excluding steroid dienone is 1. The van der Waals surface area contributed by atoms with Crippen LogP contribution in [-0.4, -0.2) is 36.7 Å². The first kappa shape index (κ1) is 17.4. The summed E-state index contributed by atoms with van der Waals surface area (Å²) in [6.07, 6.45) is 4.04. The van der Waals surface area contributed by atoms with E-state index in [1.807, 2.05) is 6.07 Å². The second-order valence-corrected chi connectivity index (χ2v) is 7.33. The minimum absolute atomic E-state index is 0.168. The molecule has 5 rings (SSSR count). The molecular weight excluding hydrogens is 361 g/mol. The van der Waals surface area contributed by atoms with E-state index in [0.717, 1.165) is 37.3 Å². The number of nitrogens with zero attached hydrogens (tertiary/aromatic N) is 1. The highest BCUT2D eigenvalue weighted by molar-refractivity contribution is 6.15. The van der Waals surface area contributed by atoms with Crippen molar-refractivity contribution in [3.05, 3.63) is 64.7 Å². The molecule has 5 nitrogen and oxygen atoms in total. The molecule has 3 heterocycles. The van der Waals surface area contributed by atoms with Gasteiger partial charge in [-0.05, 0) is 48.7 Å². The third kappa shape index (κ3) is 3.19. The molecule has 1 atom stereocenters. The normalized spacial score (nSPS) is 22.7. The number of carbonyl (C=O) groups is 1. The van der Waals surface area contributed by atoms with Crippen molar-refractivity contribution < 1.29 is 23.4 Å². The second-order valence-electron chi connectivity index (χ2n) is 7.33. The fourth-order valence-electron chi connectivity index (χ4n) is 3.91. The summed E-state index contributed by atoms with van der Waals surface area (Å²) >= 11 is 0. The molecule has 28 heavy (non-hydrogen) atoms. The lowest BCUT2D eigenvalue weighted by Crippen LogP contribution is -2.37. The summed E-state index contributed by atoms with van der Waals surface area (Å²) in [7, 11) is 0. The van der Waals surface area contributed by atoms with Gasteiger partial charge in [0.2, 0.25) is 5.78 Å². The standard InChI is InChI=1S/C22H20FNO4/c23-15-5-3-14(4-6-15)10-20-21(25)17-7-8-19-18(22(17)28-20)12-24(13-27-19)11-16-2-1-9-26-16/h3-8,10,16H,1-2,9,11-13H2/b20-10-/t16-/m0/s1. The molecule has 0 bridgehead atoms. The average Bonchev–Trinajstić information content (AvgIpc) is 3.32. The maximum Gasteiger partial charge on any atom is 0.231 e. The Bertz CT molecular complexity index is 948. The van der Waals surface area contributed by atoms with Gasteiger partial charge in [0, 0.05) is 19.7 Å². The smallest absolute Gasteiger partial charge is 0.231 e. The van der Waals surface area contributed by atoms with Crippen LogP contribution in [0, 0.1) is 5.82 Å². The van der Waals surface area contributed by atoms with Gasteiger partial charge in [0.25, 0.3) is 0 Å². The van der Waals surface area contributed by atoms with Crippen molar-refractivity contribution in [2.24, 2.45) is 0 Å². The number of hydrogen-bond donors (Lipinski definition) is 0. The predicted octanol–water partition coefficient (Wildman–Crippen LogP) is 3.77. The van der Waals surface area contributed by atoms with Crippen molar-refractivity contribution in [1.29, 1.82) is 0 Å². The van der Waals surface area contributed by atoms with E-state index in [4.69, 9.17) is 14.2 Å². The number of hydrogen-bond acceptors (Lipinski definition) is 5. The predicted molar refractivity (Wildman–Crippen MR) is 101 cm³/mol. The number of carbonyl (C=O) groups excluding carboxylic acids is 1. The zero-order valence-corrected chi connectivity index (χ0v) is 15.3. The Kier molecular flexibility index (Phi) is 4.37. The number of benzene rings is 2. The molecule has 0 amide bonds. The topological polar surface area (TPSA) is 48.0 Å². The van der Waals surface area contributed by atoms with E-state index in [9.17, 15) is 9.18 Å². The quantitative estimate of drug-likeness (QED) is 0.758. The molecule has 0 aliphatic carbocycles. The van der Waals surface area contributed by atoms with Gasteiger partial charge in [-0.2, -0.15) is 0 Å². The lowest BCUT2D eigenvalue weighted by molar-refractivity contribution is 0.0274. The largest absolute Gasteiger partial charge is 0.478 e. The van der Waals surface area contributed by atoms with Gasteiger partial charge in [-0.15, -0.1) is 0 Å². The molecule has 0 saturated carbocycles. The number of fused-ring (bicyclic) bond motifs is 3. The van der Waals surface area contributed by atoms with Crippen molar-refractivity contribution in [1.82, 2.24) is 4.90 Å². The maximum absolute atomic E-state index is 13.1. The van der Waals surface area contributed by atoms with Crippen LogP contribution >= 0.6 is 0 Å². The number of ketones is 1. The molecule has 144 valence electrons. The Morgan fingerprint density at radius 3 is 2.82 bits per heavy atom. The van der Waals surface area contributed by atoms with Crippen LogP contribution in [0.3, 0.4) is 0 Å². The summed E-state index contributed by atoms with van der Waals surface area (Å²) < 4.78 is 30.7. The third-order valence-corrected chi connectivity index (χ3v) is 5.34. The molecule has 3 aliphatic rings. The average molecular weight is 381 g/mol. The van der Waals surface area contributed by atoms with E-state index in [1.54, 1.807) is 24.3 Å². The Balaban J connectivity index is 1.41. The molecule has 1 fully saturated rings. The molecule has 0 radical (unpaired) electrons. The van der Waals surface area contributed by atoms with Gasteiger partial charge in [0.1, 0.15) is 24.0 Å². The first-order valence-electron chi connectivity index (χ1n) is 9.50. The van der Waals surface area contributed by atoms with E-state index in [2.05, 4.69) is 4.90 Å². The lowest BCUT2D eigenvalue weighted by atomic mass is 10.0. The number of Topliss-reactive ketones (excluding diaryl/α,β-unsaturated/α-hetero) is 1. The Morgan fingerprint density at radius 2 is 2.04 bits per heavy atom. The monoisotopic (exact) mass is 381 g/mol. The van der Waals surface area contributed by atoms with Crippen LogP contribution in [0.1, 0.15) is 34.3 Å². The number of ether oxygens (including phenoxy) is 3. The second kappa shape index (κ2) is 7.04. The van der Waals surface area contributed by atoms with Crippen LogP contribution < -0.4 is 9.47 Å². The first-order valence-corrected chi connectivity index (χ1v) is 9.50. The maximum atomic E-state index is 13.1. The van der Waals surface area contributed by atoms with Crippen LogP contribution in [-0.2, 0) is 11.3 Å².